The molecule has 0 spiro atoms. The number of halogens is 1. The molecule has 1 aliphatic heterocycles. The van der Waals surface area contributed by atoms with E-state index in [-0.39, 0.29) is 65.2 Å². The first kappa shape index (κ1) is 25.1. The van der Waals surface area contributed by atoms with Crippen molar-refractivity contribution in [3.8, 4) is 0 Å². The summed E-state index contributed by atoms with van der Waals surface area (Å²) in [6.07, 6.45) is 7.86. The number of nitrogens with one attached hydrogen (secondary N) is 2. The molecule has 3 aliphatic rings. The van der Waals surface area contributed by atoms with Crippen LogP contribution >= 0.6 is 24.0 Å². The number of imide groups is 1. The molecule has 4 atom stereocenters. The third kappa shape index (κ3) is 5.36. The maximum Gasteiger partial charge on any atom is 0.269 e. The zero-order valence-electron chi connectivity index (χ0n) is 18.6. The number of hydrogen-bond acceptors (Lipinski definition) is 5. The van der Waals surface area contributed by atoms with Crippen LogP contribution in [0.5, 0.6) is 0 Å². The van der Waals surface area contributed by atoms with E-state index in [0.29, 0.717) is 19.0 Å². The number of nitro benzene ring substituents is 1. The Balaban J connectivity index is 0.00000306. The number of carbonyl (C=O) groups excluding carboxylic acids is 2. The van der Waals surface area contributed by atoms with Crippen molar-refractivity contribution in [2.75, 3.05) is 26.7 Å². The summed E-state index contributed by atoms with van der Waals surface area (Å²) in [5, 5.41) is 17.1. The fourth-order valence-electron chi connectivity index (χ4n) is 5.14. The summed E-state index contributed by atoms with van der Waals surface area (Å²) in [7, 11) is 1.69. The van der Waals surface area contributed by atoms with Crippen molar-refractivity contribution >= 4 is 47.4 Å². The van der Waals surface area contributed by atoms with Crippen LogP contribution in [0, 0.1) is 33.8 Å². The Bertz CT molecular complexity index is 919. The first-order valence-electron chi connectivity index (χ1n) is 11.2. The SMILES string of the molecule is CN=C(NCCCCc1ccc([N+](=O)[O-])cc1)NCCN1C(=O)C2C3C=CC(C3)C2C1=O.I. The highest BCUT2D eigenvalue weighted by Gasteiger charge is 2.58. The Kier molecular flexibility index (Phi) is 8.44. The zero-order chi connectivity index (χ0) is 22.7. The van der Waals surface area contributed by atoms with Gasteiger partial charge in [-0.25, -0.2) is 0 Å². The minimum atomic E-state index is -0.394. The number of non-ortho nitro benzene ring substituents is 1. The van der Waals surface area contributed by atoms with E-state index in [9.17, 15) is 19.7 Å². The molecular formula is C23H30IN5O4. The van der Waals surface area contributed by atoms with Gasteiger partial charge in [-0.1, -0.05) is 24.3 Å². The molecular weight excluding hydrogens is 537 g/mol. The van der Waals surface area contributed by atoms with Crippen LogP contribution in [-0.2, 0) is 16.0 Å². The molecule has 4 rings (SSSR count). The van der Waals surface area contributed by atoms with Crippen molar-refractivity contribution in [3.63, 3.8) is 0 Å². The lowest BCUT2D eigenvalue weighted by atomic mass is 9.85. The van der Waals surface area contributed by atoms with Crippen molar-refractivity contribution in [1.29, 1.82) is 0 Å². The van der Waals surface area contributed by atoms with E-state index in [4.69, 9.17) is 0 Å². The van der Waals surface area contributed by atoms with Crippen LogP contribution in [0.25, 0.3) is 0 Å². The monoisotopic (exact) mass is 567 g/mol. The van der Waals surface area contributed by atoms with E-state index < -0.39 is 4.92 Å². The number of aryl methyl sites for hydroxylation is 1. The van der Waals surface area contributed by atoms with Crippen molar-refractivity contribution in [3.05, 3.63) is 52.1 Å². The molecule has 2 bridgehead atoms. The summed E-state index contributed by atoms with van der Waals surface area (Å²) >= 11 is 0. The number of guanidine groups is 1. The number of nitrogens with zero attached hydrogens (tertiary/aromatic N) is 3. The van der Waals surface area contributed by atoms with Crippen molar-refractivity contribution in [2.24, 2.45) is 28.7 Å². The van der Waals surface area contributed by atoms with Gasteiger partial charge in [0.1, 0.15) is 0 Å². The van der Waals surface area contributed by atoms with Gasteiger partial charge >= 0.3 is 0 Å². The largest absolute Gasteiger partial charge is 0.356 e. The molecule has 2 aliphatic carbocycles. The Morgan fingerprint density at radius 3 is 2.24 bits per heavy atom. The third-order valence-electron chi connectivity index (χ3n) is 6.74. The summed E-state index contributed by atoms with van der Waals surface area (Å²) in [5.41, 5.74) is 1.18. The number of benzene rings is 1. The summed E-state index contributed by atoms with van der Waals surface area (Å²) in [5.74, 6) is 0.776. The van der Waals surface area contributed by atoms with Gasteiger partial charge in [0.2, 0.25) is 11.8 Å². The highest BCUT2D eigenvalue weighted by molar-refractivity contribution is 14.0. The maximum absolute atomic E-state index is 12.7. The van der Waals surface area contributed by atoms with E-state index in [2.05, 4.69) is 27.8 Å². The molecule has 1 heterocycles. The van der Waals surface area contributed by atoms with Gasteiger partial charge in [-0.15, -0.1) is 24.0 Å². The molecule has 1 aromatic carbocycles. The van der Waals surface area contributed by atoms with Gasteiger partial charge in [-0.05, 0) is 43.1 Å². The van der Waals surface area contributed by atoms with Gasteiger partial charge in [0.25, 0.3) is 5.69 Å². The number of hydrogen-bond donors (Lipinski definition) is 2. The highest BCUT2D eigenvalue weighted by Crippen LogP contribution is 2.52. The van der Waals surface area contributed by atoms with E-state index in [1.807, 2.05) is 0 Å². The normalized spacial score (nSPS) is 25.2. The molecule has 33 heavy (non-hydrogen) atoms. The topological polar surface area (TPSA) is 117 Å². The average Bonchev–Trinajstić information content (AvgIpc) is 3.47. The number of aliphatic imine (C=N–C) groups is 1. The van der Waals surface area contributed by atoms with Gasteiger partial charge in [0.05, 0.1) is 16.8 Å². The van der Waals surface area contributed by atoms with Crippen LogP contribution in [-0.4, -0.2) is 54.3 Å². The second kappa shape index (κ2) is 11.1. The molecule has 2 N–H and O–H groups in total. The predicted octanol–water partition coefficient (Wildman–Crippen LogP) is 2.51. The Labute approximate surface area is 210 Å². The lowest BCUT2D eigenvalue weighted by molar-refractivity contribution is -0.384. The number of amides is 2. The molecule has 10 heteroatoms. The molecule has 1 saturated carbocycles. The second-order valence-electron chi connectivity index (χ2n) is 8.63. The molecule has 2 fully saturated rings. The lowest BCUT2D eigenvalue weighted by Crippen LogP contribution is -2.43. The lowest BCUT2D eigenvalue weighted by Gasteiger charge is -2.18. The number of carbonyl (C=O) groups is 2. The molecule has 4 unspecified atom stereocenters. The fraction of sp³-hybridized carbons (Fsp3) is 0.522. The van der Waals surface area contributed by atoms with Crippen LogP contribution in [0.2, 0.25) is 0 Å². The first-order chi connectivity index (χ1) is 15.5. The fourth-order valence-corrected chi connectivity index (χ4v) is 5.14. The number of fused-ring (bicyclic) bond motifs is 5. The van der Waals surface area contributed by atoms with Gasteiger partial charge in [-0.3, -0.25) is 29.6 Å². The summed E-state index contributed by atoms with van der Waals surface area (Å²) in [6, 6.07) is 6.65. The molecule has 2 amide bonds. The molecule has 178 valence electrons. The van der Waals surface area contributed by atoms with Crippen LogP contribution < -0.4 is 10.6 Å². The smallest absolute Gasteiger partial charge is 0.269 e. The van der Waals surface area contributed by atoms with Gasteiger partial charge in [-0.2, -0.15) is 0 Å². The number of nitro groups is 1. The van der Waals surface area contributed by atoms with E-state index in [0.717, 1.165) is 37.8 Å². The average molecular weight is 567 g/mol. The van der Waals surface area contributed by atoms with Crippen molar-refractivity contribution in [2.45, 2.75) is 25.7 Å². The van der Waals surface area contributed by atoms with E-state index in [1.54, 1.807) is 19.2 Å². The summed E-state index contributed by atoms with van der Waals surface area (Å²) < 4.78 is 0. The summed E-state index contributed by atoms with van der Waals surface area (Å²) in [4.78, 5) is 41.3. The Morgan fingerprint density at radius 1 is 1.06 bits per heavy atom. The zero-order valence-corrected chi connectivity index (χ0v) is 20.9. The number of allylic oxidation sites excluding steroid dienone is 2. The second-order valence-corrected chi connectivity index (χ2v) is 8.63. The number of unbranched alkanes of at least 4 members (excludes halogenated alkanes) is 1. The Hall–Kier alpha value is -2.50. The quantitative estimate of drug-likeness (QED) is 0.0693. The van der Waals surface area contributed by atoms with Crippen LogP contribution in [0.1, 0.15) is 24.8 Å². The summed E-state index contributed by atoms with van der Waals surface area (Å²) in [6.45, 7) is 1.54. The number of likely N-dealkylation sites (tertiary alicyclic amines) is 1. The van der Waals surface area contributed by atoms with Crippen molar-refractivity contribution in [1.82, 2.24) is 15.5 Å². The van der Waals surface area contributed by atoms with Gasteiger partial charge in [0, 0.05) is 38.8 Å². The van der Waals surface area contributed by atoms with Crippen LogP contribution in [0.4, 0.5) is 5.69 Å². The highest BCUT2D eigenvalue weighted by atomic mass is 127. The minimum absolute atomic E-state index is 0. The molecule has 9 nitrogen and oxygen atoms in total. The molecule has 0 radical (unpaired) electrons. The van der Waals surface area contributed by atoms with Gasteiger partial charge in [0.15, 0.2) is 5.96 Å². The van der Waals surface area contributed by atoms with Crippen LogP contribution in [0.15, 0.2) is 41.4 Å². The maximum atomic E-state index is 12.7. The minimum Gasteiger partial charge on any atom is -0.356 e. The van der Waals surface area contributed by atoms with E-state index in [1.165, 1.54) is 17.0 Å². The van der Waals surface area contributed by atoms with Crippen molar-refractivity contribution < 1.29 is 14.5 Å². The third-order valence-corrected chi connectivity index (χ3v) is 6.74. The molecule has 1 aromatic rings. The standard InChI is InChI=1S/C23H29N5O4.HI/c1-24-23(25-11-3-2-4-15-5-9-18(10-6-15)28(31)32)26-12-13-27-21(29)19-16-7-8-17(14-16)20(19)22(27)30;/h5-10,16-17,19-20H,2-4,11-14H2,1H3,(H2,24,25,26);1H. The number of rotatable bonds is 9. The first-order valence-corrected chi connectivity index (χ1v) is 11.2. The van der Waals surface area contributed by atoms with Gasteiger partial charge < -0.3 is 10.6 Å². The van der Waals surface area contributed by atoms with E-state index >= 15 is 0 Å². The Morgan fingerprint density at radius 2 is 1.67 bits per heavy atom. The van der Waals surface area contributed by atoms with Crippen LogP contribution in [0.3, 0.4) is 0 Å². The molecule has 0 aromatic heterocycles. The predicted molar refractivity (Wildman–Crippen MR) is 135 cm³/mol. The molecule has 1 saturated heterocycles.